The number of pyridine rings is 1. The third-order valence-electron chi connectivity index (χ3n) is 2.68. The first-order valence-corrected chi connectivity index (χ1v) is 6.23. The van der Waals surface area contributed by atoms with E-state index in [0.29, 0.717) is 17.1 Å². The average molecular weight is 276 g/mol. The van der Waals surface area contributed by atoms with Crippen molar-refractivity contribution in [2.75, 3.05) is 12.4 Å². The van der Waals surface area contributed by atoms with Crippen molar-refractivity contribution < 1.29 is 4.79 Å². The lowest BCUT2D eigenvalue weighted by atomic mass is 10.2. The lowest BCUT2D eigenvalue weighted by molar-refractivity contribution is 0.0951. The van der Waals surface area contributed by atoms with E-state index in [9.17, 15) is 4.79 Å². The van der Waals surface area contributed by atoms with Crippen molar-refractivity contribution in [2.45, 2.75) is 6.54 Å². The van der Waals surface area contributed by atoms with E-state index in [0.717, 1.165) is 11.3 Å². The Balaban J connectivity index is 2.05. The topological polar surface area (TPSA) is 54.0 Å². The second-order valence-electron chi connectivity index (χ2n) is 3.98. The summed E-state index contributed by atoms with van der Waals surface area (Å²) in [4.78, 5) is 16.0. The molecule has 0 unspecified atom stereocenters. The molecule has 19 heavy (non-hydrogen) atoms. The van der Waals surface area contributed by atoms with Gasteiger partial charge in [0.25, 0.3) is 5.91 Å². The number of aromatic nitrogens is 1. The molecule has 0 aliphatic heterocycles. The summed E-state index contributed by atoms with van der Waals surface area (Å²) in [5.41, 5.74) is 2.22. The largest absolute Gasteiger partial charge is 0.387 e. The Morgan fingerprint density at radius 3 is 2.95 bits per heavy atom. The van der Waals surface area contributed by atoms with Crippen LogP contribution < -0.4 is 10.6 Å². The van der Waals surface area contributed by atoms with Gasteiger partial charge in [-0.1, -0.05) is 23.7 Å². The molecule has 1 aromatic heterocycles. The molecular formula is C14H14ClN3O. The molecule has 0 saturated carbocycles. The molecule has 0 radical (unpaired) electrons. The first kappa shape index (κ1) is 13.4. The standard InChI is InChI=1S/C14H14ClN3O/c1-16-13-5-6-17-9-12(13)14(19)18-8-10-3-2-4-11(15)7-10/h2-7,9H,8H2,1H3,(H,16,17)(H,18,19). The van der Waals surface area contributed by atoms with Crippen molar-refractivity contribution >= 4 is 23.2 Å². The van der Waals surface area contributed by atoms with Crippen LogP contribution in [0.5, 0.6) is 0 Å². The summed E-state index contributed by atoms with van der Waals surface area (Å²) in [7, 11) is 1.77. The van der Waals surface area contributed by atoms with Gasteiger partial charge in [0, 0.05) is 36.7 Å². The highest BCUT2D eigenvalue weighted by molar-refractivity contribution is 6.30. The summed E-state index contributed by atoms with van der Waals surface area (Å²) < 4.78 is 0. The summed E-state index contributed by atoms with van der Waals surface area (Å²) in [6.07, 6.45) is 3.18. The van der Waals surface area contributed by atoms with Gasteiger partial charge in [-0.3, -0.25) is 9.78 Å². The van der Waals surface area contributed by atoms with Gasteiger partial charge in [-0.2, -0.15) is 0 Å². The monoisotopic (exact) mass is 275 g/mol. The average Bonchev–Trinajstić information content (AvgIpc) is 2.45. The molecule has 0 atom stereocenters. The lowest BCUT2D eigenvalue weighted by Gasteiger charge is -2.09. The SMILES string of the molecule is CNc1ccncc1C(=O)NCc1cccc(Cl)c1. The first-order valence-electron chi connectivity index (χ1n) is 5.85. The zero-order valence-corrected chi connectivity index (χ0v) is 11.2. The van der Waals surface area contributed by atoms with Crippen LogP contribution in [0.25, 0.3) is 0 Å². The van der Waals surface area contributed by atoms with Crippen LogP contribution in [0.3, 0.4) is 0 Å². The molecule has 0 spiro atoms. The van der Waals surface area contributed by atoms with Gasteiger partial charge in [0.1, 0.15) is 0 Å². The summed E-state index contributed by atoms with van der Waals surface area (Å²) >= 11 is 5.89. The number of hydrogen-bond donors (Lipinski definition) is 2. The Morgan fingerprint density at radius 1 is 1.37 bits per heavy atom. The second-order valence-corrected chi connectivity index (χ2v) is 4.42. The normalized spacial score (nSPS) is 10.0. The predicted octanol–water partition coefficient (Wildman–Crippen LogP) is 2.71. The molecule has 2 rings (SSSR count). The summed E-state index contributed by atoms with van der Waals surface area (Å²) in [6.45, 7) is 0.428. The number of rotatable bonds is 4. The molecule has 5 heteroatoms. The summed E-state index contributed by atoms with van der Waals surface area (Å²) in [6, 6.07) is 9.15. The van der Waals surface area contributed by atoms with Gasteiger partial charge < -0.3 is 10.6 Å². The Labute approximate surface area is 116 Å². The van der Waals surface area contributed by atoms with Crippen LogP contribution in [-0.2, 0) is 6.54 Å². The number of carbonyl (C=O) groups excluding carboxylic acids is 1. The van der Waals surface area contributed by atoms with E-state index >= 15 is 0 Å². The number of carbonyl (C=O) groups is 1. The number of amides is 1. The highest BCUT2D eigenvalue weighted by atomic mass is 35.5. The molecule has 1 amide bonds. The molecule has 0 aliphatic carbocycles. The molecule has 0 saturated heterocycles. The van der Waals surface area contributed by atoms with Gasteiger partial charge in [-0.05, 0) is 23.8 Å². The van der Waals surface area contributed by atoms with Crippen molar-refractivity contribution in [3.05, 3.63) is 58.9 Å². The van der Waals surface area contributed by atoms with Gasteiger partial charge in [0.15, 0.2) is 0 Å². The maximum atomic E-state index is 12.1. The van der Waals surface area contributed by atoms with E-state index in [4.69, 9.17) is 11.6 Å². The van der Waals surface area contributed by atoms with Gasteiger partial charge in [-0.15, -0.1) is 0 Å². The van der Waals surface area contributed by atoms with Crippen LogP contribution in [0.4, 0.5) is 5.69 Å². The molecule has 1 heterocycles. The third kappa shape index (κ3) is 3.45. The third-order valence-corrected chi connectivity index (χ3v) is 2.91. The number of hydrogen-bond acceptors (Lipinski definition) is 3. The highest BCUT2D eigenvalue weighted by Gasteiger charge is 2.10. The van der Waals surface area contributed by atoms with E-state index in [2.05, 4.69) is 15.6 Å². The fourth-order valence-electron chi connectivity index (χ4n) is 1.72. The van der Waals surface area contributed by atoms with Crippen LogP contribution in [0.15, 0.2) is 42.7 Å². The molecule has 0 aliphatic rings. The second kappa shape index (κ2) is 6.20. The minimum absolute atomic E-state index is 0.169. The highest BCUT2D eigenvalue weighted by Crippen LogP contribution is 2.13. The smallest absolute Gasteiger partial charge is 0.255 e. The maximum Gasteiger partial charge on any atom is 0.255 e. The van der Waals surface area contributed by atoms with Crippen molar-refractivity contribution in [2.24, 2.45) is 0 Å². The van der Waals surface area contributed by atoms with E-state index < -0.39 is 0 Å². The Morgan fingerprint density at radius 2 is 2.21 bits per heavy atom. The van der Waals surface area contributed by atoms with Gasteiger partial charge >= 0.3 is 0 Å². The zero-order chi connectivity index (χ0) is 13.7. The zero-order valence-electron chi connectivity index (χ0n) is 10.5. The van der Waals surface area contributed by atoms with Crippen molar-refractivity contribution in [3.8, 4) is 0 Å². The predicted molar refractivity (Wildman–Crippen MR) is 76.4 cm³/mol. The minimum atomic E-state index is -0.169. The van der Waals surface area contributed by atoms with Crippen molar-refractivity contribution in [3.63, 3.8) is 0 Å². The van der Waals surface area contributed by atoms with Crippen LogP contribution in [0, 0.1) is 0 Å². The maximum absolute atomic E-state index is 12.1. The van der Waals surface area contributed by atoms with Gasteiger partial charge in [0.05, 0.1) is 5.56 Å². The number of halogens is 1. The molecule has 2 N–H and O–H groups in total. The van der Waals surface area contributed by atoms with Crippen LogP contribution >= 0.6 is 11.6 Å². The number of nitrogens with zero attached hydrogens (tertiary/aromatic N) is 1. The summed E-state index contributed by atoms with van der Waals surface area (Å²) in [5, 5.41) is 6.46. The molecular weight excluding hydrogens is 262 g/mol. The lowest BCUT2D eigenvalue weighted by Crippen LogP contribution is -2.23. The van der Waals surface area contributed by atoms with Crippen molar-refractivity contribution in [1.29, 1.82) is 0 Å². The van der Waals surface area contributed by atoms with Gasteiger partial charge in [-0.25, -0.2) is 0 Å². The first-order chi connectivity index (χ1) is 9.20. The number of nitrogens with one attached hydrogen (secondary N) is 2. The molecule has 0 bridgehead atoms. The van der Waals surface area contributed by atoms with Gasteiger partial charge in [0.2, 0.25) is 0 Å². The Hall–Kier alpha value is -2.07. The van der Waals surface area contributed by atoms with Crippen LogP contribution in [0.1, 0.15) is 15.9 Å². The Bertz CT molecular complexity index is 586. The minimum Gasteiger partial charge on any atom is -0.387 e. The van der Waals surface area contributed by atoms with Crippen LogP contribution in [-0.4, -0.2) is 17.9 Å². The fraction of sp³-hybridized carbons (Fsp3) is 0.143. The molecule has 0 fully saturated rings. The van der Waals surface area contributed by atoms with E-state index in [1.165, 1.54) is 0 Å². The number of benzene rings is 1. The van der Waals surface area contributed by atoms with Crippen LogP contribution in [0.2, 0.25) is 5.02 Å². The molecule has 1 aromatic carbocycles. The summed E-state index contributed by atoms with van der Waals surface area (Å²) in [5.74, 6) is -0.169. The quantitative estimate of drug-likeness (QED) is 0.902. The molecule has 98 valence electrons. The molecule has 2 aromatic rings. The Kier molecular flexibility index (Phi) is 4.36. The number of anilines is 1. The van der Waals surface area contributed by atoms with E-state index in [-0.39, 0.29) is 5.91 Å². The molecule has 4 nitrogen and oxygen atoms in total. The van der Waals surface area contributed by atoms with Crippen molar-refractivity contribution in [1.82, 2.24) is 10.3 Å². The fourth-order valence-corrected chi connectivity index (χ4v) is 1.93. The van der Waals surface area contributed by atoms with E-state index in [1.54, 1.807) is 31.6 Å². The van der Waals surface area contributed by atoms with E-state index in [1.807, 2.05) is 18.2 Å².